The second-order valence-corrected chi connectivity index (χ2v) is 38.3. The van der Waals surface area contributed by atoms with E-state index >= 15 is 0 Å². The number of hydrogen-bond donors (Lipinski definition) is 6. The maximum atomic E-state index is 12.6. The van der Waals surface area contributed by atoms with Crippen LogP contribution in [0.3, 0.4) is 0 Å². The second-order valence-electron chi connectivity index (χ2n) is 37.1. The molecule has 25 rings (SSSR count). The predicted molar refractivity (Wildman–Crippen MR) is 521 cm³/mol. The molecule has 5 saturated carbocycles. The molecule has 28 nitrogen and oxygen atoms in total. The molecule has 680 valence electrons. The van der Waals surface area contributed by atoms with Crippen LogP contribution >= 0.6 is 11.3 Å². The van der Waals surface area contributed by atoms with Gasteiger partial charge in [-0.25, -0.2) is 39.6 Å². The molecule has 134 heavy (non-hydrogen) atoms. The number of nitrogens with one attached hydrogen (secondary N) is 6. The van der Waals surface area contributed by atoms with Crippen LogP contribution in [0.1, 0.15) is 232 Å². The van der Waals surface area contributed by atoms with Gasteiger partial charge in [0, 0.05) is 110 Å². The molecule has 0 unspecified atom stereocenters. The number of nitrogens with zero attached hydrogens (tertiary/aromatic N) is 15. The Balaban J connectivity index is 0.000000101. The minimum absolute atomic E-state index is 0.108. The minimum Gasteiger partial charge on any atom is -0.478 e. The molecule has 29 heteroatoms. The molecule has 15 aromatic heterocycles. The van der Waals surface area contributed by atoms with Crippen LogP contribution in [0.5, 0.6) is 5.88 Å². The van der Waals surface area contributed by atoms with E-state index in [1.54, 1.807) is 23.7 Å². The second kappa shape index (κ2) is 34.0. The van der Waals surface area contributed by atoms with Crippen molar-refractivity contribution in [1.82, 2.24) is 105 Å². The van der Waals surface area contributed by atoms with Crippen LogP contribution in [0.25, 0.3) is 155 Å². The standard InChI is InChI=1S/C23H24N4O2.C21H20N4O2.C21H22N4O.C20H21N5O.C20H20N4OS/c1-5-28-23-19(12(2)8-9-24-23)17-10-16(20-13(3)27-29-14(20)4)11-18-21(17)26-22(25-18)15-6-7-15;1-10-6-7-22-21(26)17(10)15-8-14(18-11(2)25-27-12(18)3)9-16-19(15)24-20(23-16)13-4-5-13;1-11-7-8-25(13(11)3)18-10-16(19-12(2)24-26-14(19)4)9-17-20(18)23-21(22-17)15-5-6-15;1-10-7-11(2)25(23-10)17-9-15(18-12(3)24-26-13(18)4)8-16-19(17)22-20(21-16)14-5-6-14;1-9-17(11(3)25-24-9)14-7-15(19-10(2)21-12(4)26-19)18-16(8-14)22-20(23-18)13-5-6-13/h8-11,15H,5-7H2,1-4H3,(H,25,26);6-9,13H,4-5H2,1-3H3,(H,22,26)(H,23,24);7-10,15H,5-6H2,1-4H3,(H,22,23);7-9,14H,5-6H2,1-4H3,(H,21,22);7-8,13H,5-6H2,1-4H3,(H,22,23). The van der Waals surface area contributed by atoms with Gasteiger partial charge in [-0.05, 0) is 325 Å². The van der Waals surface area contributed by atoms with Gasteiger partial charge in [0.05, 0.1) is 117 Å². The van der Waals surface area contributed by atoms with E-state index in [4.69, 9.17) is 57.4 Å². The Morgan fingerprint density at radius 1 is 0.388 bits per heavy atom. The molecule has 20 aromatic rings. The molecule has 15 heterocycles. The Morgan fingerprint density at radius 3 is 1.10 bits per heavy atom. The van der Waals surface area contributed by atoms with Crippen LogP contribution in [0.15, 0.2) is 131 Å². The summed E-state index contributed by atoms with van der Waals surface area (Å²) in [5.74, 6) is 12.9. The highest BCUT2D eigenvalue weighted by Gasteiger charge is 2.35. The maximum absolute atomic E-state index is 12.6. The van der Waals surface area contributed by atoms with Gasteiger partial charge >= 0.3 is 0 Å². The van der Waals surface area contributed by atoms with Crippen LogP contribution in [0.2, 0.25) is 0 Å². The number of imidazole rings is 5. The van der Waals surface area contributed by atoms with Gasteiger partial charge in [0.25, 0.3) is 5.56 Å². The molecule has 6 N–H and O–H groups in total. The van der Waals surface area contributed by atoms with Crippen molar-refractivity contribution in [3.8, 4) is 106 Å². The number of aromatic nitrogens is 21. The van der Waals surface area contributed by atoms with Crippen LogP contribution in [0.4, 0.5) is 0 Å². The van der Waals surface area contributed by atoms with Crippen molar-refractivity contribution in [3.63, 3.8) is 0 Å². The SMILES string of the molecule is CCOc1nccc(C)c1-c1cc(-c2c(C)noc2C)cc2[nH]c(C3CC3)nc12.Cc1cc(C)n(-c2cc(-c3c(C)noc3C)cc3[nH]c(C4CC4)nc23)n1.Cc1cc[nH]c(=O)c1-c1cc(-c2c(C)noc2C)cc2[nH]c(C3CC3)nc12.Cc1ccn(-c2cc(-c3c(C)noc3C)cc3[nH]c(C4CC4)nc23)c1C.Cc1nc(C)c(-c2cc(-c3c(C)noc3C)cc3[nH]c(C4CC4)nc23)s1. The first-order valence-electron chi connectivity index (χ1n) is 46.4. The van der Waals surface area contributed by atoms with E-state index in [-0.39, 0.29) is 5.56 Å². The molecule has 0 saturated heterocycles. The van der Waals surface area contributed by atoms with Crippen molar-refractivity contribution >= 4 is 66.5 Å². The number of H-pyrrole nitrogens is 6. The van der Waals surface area contributed by atoms with Crippen LogP contribution in [-0.2, 0) is 0 Å². The van der Waals surface area contributed by atoms with E-state index in [9.17, 15) is 4.79 Å². The fourth-order valence-electron chi connectivity index (χ4n) is 19.0. The van der Waals surface area contributed by atoms with Gasteiger partial charge in [0.15, 0.2) is 0 Å². The van der Waals surface area contributed by atoms with Crippen LogP contribution in [0, 0.1) is 125 Å². The Bertz CT molecular complexity index is 7590. The number of benzene rings is 5. The summed E-state index contributed by atoms with van der Waals surface area (Å²) < 4.78 is 37.1. The molecule has 0 amide bonds. The number of fused-ring (bicyclic) bond motifs is 5. The fraction of sp³-hybridized carbons (Fsp3) is 0.333. The zero-order valence-corrected chi connectivity index (χ0v) is 79.8. The van der Waals surface area contributed by atoms with Crippen molar-refractivity contribution in [2.24, 2.45) is 0 Å². The first-order valence-corrected chi connectivity index (χ1v) is 47.2. The fourth-order valence-corrected chi connectivity index (χ4v) is 20.0. The highest BCUT2D eigenvalue weighted by Crippen LogP contribution is 2.50. The Morgan fingerprint density at radius 2 is 0.754 bits per heavy atom. The number of pyridine rings is 2. The van der Waals surface area contributed by atoms with Gasteiger partial charge in [-0.15, -0.1) is 11.3 Å². The van der Waals surface area contributed by atoms with Gasteiger partial charge in [-0.2, -0.15) is 5.10 Å². The molecule has 0 radical (unpaired) electrons. The third-order valence-electron chi connectivity index (χ3n) is 26.6. The average Bonchev–Trinajstić information content (AvgIpc) is 1.59. The first kappa shape index (κ1) is 86.2. The highest BCUT2D eigenvalue weighted by atomic mass is 32.1. The van der Waals surface area contributed by atoms with E-state index < -0.39 is 0 Å². The zero-order valence-electron chi connectivity index (χ0n) is 79.0. The minimum atomic E-state index is -0.108. The van der Waals surface area contributed by atoms with Crippen LogP contribution < -0.4 is 10.3 Å². The van der Waals surface area contributed by atoms with E-state index in [2.05, 4.69) is 185 Å². The summed E-state index contributed by atoms with van der Waals surface area (Å²) in [7, 11) is 0. The number of rotatable bonds is 17. The van der Waals surface area contributed by atoms with E-state index in [0.717, 1.165) is 277 Å². The average molecular weight is 1810 g/mol. The number of aryl methyl sites for hydroxylation is 17. The first-order chi connectivity index (χ1) is 64.6. The zero-order chi connectivity index (χ0) is 92.8. The topological polar surface area (TPSA) is 364 Å². The Hall–Kier alpha value is -14.5. The van der Waals surface area contributed by atoms with Gasteiger partial charge < -0.3 is 61.8 Å². The summed E-state index contributed by atoms with van der Waals surface area (Å²) in [6.07, 6.45) is 17.7. The molecule has 0 atom stereocenters. The van der Waals surface area contributed by atoms with Gasteiger partial charge in [0.2, 0.25) is 5.88 Å². The molecule has 5 aliphatic carbocycles. The van der Waals surface area contributed by atoms with Gasteiger partial charge in [-0.1, -0.05) is 25.8 Å². The summed E-state index contributed by atoms with van der Waals surface area (Å²) in [6.45, 7) is 38.7. The van der Waals surface area contributed by atoms with Crippen molar-refractivity contribution in [3.05, 3.63) is 245 Å². The molecule has 0 aliphatic heterocycles. The van der Waals surface area contributed by atoms with Crippen molar-refractivity contribution in [1.29, 1.82) is 0 Å². The molecule has 5 aliphatic rings. The van der Waals surface area contributed by atoms with E-state index in [0.29, 0.717) is 47.6 Å². The van der Waals surface area contributed by atoms with E-state index in [1.165, 1.54) is 67.5 Å². The third-order valence-corrected chi connectivity index (χ3v) is 27.7. The number of aromatic amines is 6. The molecule has 0 bridgehead atoms. The molecular weight excluding hydrogens is 1700 g/mol. The monoisotopic (exact) mass is 1810 g/mol. The van der Waals surface area contributed by atoms with Crippen LogP contribution in [-0.4, -0.2) is 112 Å². The van der Waals surface area contributed by atoms with Gasteiger partial charge in [0.1, 0.15) is 69.0 Å². The Kier molecular flexibility index (Phi) is 21.9. The maximum Gasteiger partial charge on any atom is 0.256 e. The van der Waals surface area contributed by atoms with E-state index in [1.807, 2.05) is 113 Å². The summed E-state index contributed by atoms with van der Waals surface area (Å²) in [5.41, 5.74) is 39.2. The molecule has 5 fully saturated rings. The lowest BCUT2D eigenvalue weighted by Gasteiger charge is -2.14. The lowest BCUT2D eigenvalue weighted by Crippen LogP contribution is -2.10. The lowest BCUT2D eigenvalue weighted by molar-refractivity contribution is 0.328. The van der Waals surface area contributed by atoms with Gasteiger partial charge in [-0.3, -0.25) is 4.79 Å². The summed E-state index contributed by atoms with van der Waals surface area (Å²) >= 11 is 1.73. The Labute approximate surface area is 776 Å². The predicted octanol–water partition coefficient (Wildman–Crippen LogP) is 24.9. The largest absolute Gasteiger partial charge is 0.478 e. The van der Waals surface area contributed by atoms with Crippen molar-refractivity contribution in [2.45, 2.75) is 225 Å². The number of thiazole rings is 1. The summed E-state index contributed by atoms with van der Waals surface area (Å²) in [6, 6.07) is 29.7. The molecule has 0 spiro atoms. The summed E-state index contributed by atoms with van der Waals surface area (Å²) in [5, 5.41) is 26.4. The summed E-state index contributed by atoms with van der Waals surface area (Å²) in [4.78, 5) is 68.1. The quantitative estimate of drug-likeness (QED) is 0.0493. The molecular formula is C105H107N21O7S. The smallest absolute Gasteiger partial charge is 0.256 e. The van der Waals surface area contributed by atoms with Crippen molar-refractivity contribution in [2.75, 3.05) is 6.61 Å². The molecule has 5 aromatic carbocycles. The highest BCUT2D eigenvalue weighted by molar-refractivity contribution is 7.15. The normalized spacial score (nSPS) is 14.3. The number of ether oxygens (including phenoxy) is 1. The number of hydrogen-bond acceptors (Lipinski definition) is 21. The van der Waals surface area contributed by atoms with Crippen molar-refractivity contribution < 1.29 is 27.4 Å². The lowest BCUT2D eigenvalue weighted by atomic mass is 9.95. The third kappa shape index (κ3) is 16.2.